The summed E-state index contributed by atoms with van der Waals surface area (Å²) in [5, 5.41) is 19.6. The first kappa shape index (κ1) is 15.1. The van der Waals surface area contributed by atoms with Crippen LogP contribution in [0.1, 0.15) is 11.1 Å². The van der Waals surface area contributed by atoms with Crippen LogP contribution in [0.25, 0.3) is 21.9 Å². The molecule has 2 aromatic heterocycles. The van der Waals surface area contributed by atoms with E-state index in [4.69, 9.17) is 8.83 Å². The van der Waals surface area contributed by atoms with E-state index in [1.54, 1.807) is 19.1 Å². The van der Waals surface area contributed by atoms with Crippen molar-refractivity contribution in [3.63, 3.8) is 0 Å². The van der Waals surface area contributed by atoms with E-state index in [0.29, 0.717) is 16.7 Å². The Morgan fingerprint density at radius 1 is 0.960 bits per heavy atom. The number of aromatic hydroxyl groups is 1. The van der Waals surface area contributed by atoms with E-state index >= 15 is 0 Å². The van der Waals surface area contributed by atoms with Crippen molar-refractivity contribution >= 4 is 33.5 Å². The maximum Gasteiger partial charge on any atom is 0.336 e. The second kappa shape index (κ2) is 5.59. The second-order valence-electron chi connectivity index (χ2n) is 5.86. The molecule has 0 saturated carbocycles. The average molecular weight is 334 g/mol. The SMILES string of the molecule is Cc1ccc(N=Nc2oc3ccc4c(C)cc(=O)oc4c3c2O)cc1. The predicted molar refractivity (Wildman–Crippen MR) is 94.0 cm³/mol. The van der Waals surface area contributed by atoms with Crippen molar-refractivity contribution in [3.8, 4) is 5.75 Å². The van der Waals surface area contributed by atoms with Crippen molar-refractivity contribution < 1.29 is 13.9 Å². The van der Waals surface area contributed by atoms with E-state index in [2.05, 4.69) is 10.2 Å². The highest BCUT2D eigenvalue weighted by atomic mass is 16.4. The van der Waals surface area contributed by atoms with Crippen LogP contribution in [0, 0.1) is 13.8 Å². The third kappa shape index (κ3) is 2.57. The maximum absolute atomic E-state index is 11.7. The van der Waals surface area contributed by atoms with Crippen LogP contribution < -0.4 is 5.63 Å². The minimum atomic E-state index is -0.485. The number of fused-ring (bicyclic) bond motifs is 3. The summed E-state index contributed by atoms with van der Waals surface area (Å²) in [5.74, 6) is -0.238. The quantitative estimate of drug-likeness (QED) is 0.399. The van der Waals surface area contributed by atoms with Crippen molar-refractivity contribution in [3.05, 3.63) is 64.0 Å². The Kier molecular flexibility index (Phi) is 3.39. The summed E-state index contributed by atoms with van der Waals surface area (Å²) >= 11 is 0. The Morgan fingerprint density at radius 3 is 2.48 bits per heavy atom. The molecule has 0 radical (unpaired) electrons. The number of furan rings is 1. The third-order valence-corrected chi connectivity index (χ3v) is 4.02. The van der Waals surface area contributed by atoms with E-state index in [1.165, 1.54) is 6.07 Å². The molecule has 6 heteroatoms. The standard InChI is InChI=1S/C19H14N2O4/c1-10-3-5-12(6-4-10)20-21-19-17(23)16-14(24-19)8-7-13-11(2)9-15(22)25-18(13)16/h3-9,23H,1-2H3. The number of azo groups is 1. The molecule has 0 saturated heterocycles. The lowest BCUT2D eigenvalue weighted by Gasteiger charge is -2.00. The smallest absolute Gasteiger partial charge is 0.336 e. The van der Waals surface area contributed by atoms with Gasteiger partial charge in [0.25, 0.3) is 5.88 Å². The maximum atomic E-state index is 11.7. The number of hydrogen-bond acceptors (Lipinski definition) is 6. The molecule has 0 atom stereocenters. The fraction of sp³-hybridized carbons (Fsp3) is 0.105. The van der Waals surface area contributed by atoms with E-state index in [9.17, 15) is 9.90 Å². The molecule has 0 aliphatic carbocycles. The van der Waals surface area contributed by atoms with Gasteiger partial charge < -0.3 is 13.9 Å². The molecule has 0 aliphatic heterocycles. The lowest BCUT2D eigenvalue weighted by molar-refractivity contribution is 0.467. The first-order chi connectivity index (χ1) is 12.0. The van der Waals surface area contributed by atoms with Crippen LogP contribution in [0.2, 0.25) is 0 Å². The Bertz CT molecular complexity index is 1180. The molecular weight excluding hydrogens is 320 g/mol. The van der Waals surface area contributed by atoms with Crippen LogP contribution in [-0.2, 0) is 0 Å². The van der Waals surface area contributed by atoms with Gasteiger partial charge in [-0.15, -0.1) is 10.2 Å². The first-order valence-corrected chi connectivity index (χ1v) is 7.70. The highest BCUT2D eigenvalue weighted by Crippen LogP contribution is 2.42. The Balaban J connectivity index is 1.89. The van der Waals surface area contributed by atoms with Crippen LogP contribution >= 0.6 is 0 Å². The lowest BCUT2D eigenvalue weighted by Crippen LogP contribution is -1.97. The van der Waals surface area contributed by atoms with Gasteiger partial charge in [-0.3, -0.25) is 0 Å². The number of rotatable bonds is 2. The van der Waals surface area contributed by atoms with Gasteiger partial charge in [0.2, 0.25) is 0 Å². The molecule has 25 heavy (non-hydrogen) atoms. The van der Waals surface area contributed by atoms with Gasteiger partial charge in [0.1, 0.15) is 11.0 Å². The minimum Gasteiger partial charge on any atom is -0.502 e. The van der Waals surface area contributed by atoms with Crippen molar-refractivity contribution in [2.24, 2.45) is 10.2 Å². The highest BCUT2D eigenvalue weighted by molar-refractivity contribution is 6.08. The first-order valence-electron chi connectivity index (χ1n) is 7.70. The fourth-order valence-electron chi connectivity index (χ4n) is 2.72. The van der Waals surface area contributed by atoms with Gasteiger partial charge in [0, 0.05) is 11.5 Å². The molecule has 1 N–H and O–H groups in total. The highest BCUT2D eigenvalue weighted by Gasteiger charge is 2.18. The van der Waals surface area contributed by atoms with Gasteiger partial charge in [-0.25, -0.2) is 4.79 Å². The fourth-order valence-corrected chi connectivity index (χ4v) is 2.72. The van der Waals surface area contributed by atoms with Crippen LogP contribution in [0.4, 0.5) is 11.6 Å². The van der Waals surface area contributed by atoms with Crippen LogP contribution in [0.3, 0.4) is 0 Å². The Hall–Kier alpha value is -3.41. The zero-order valence-electron chi connectivity index (χ0n) is 13.6. The molecular formula is C19H14N2O4. The van der Waals surface area contributed by atoms with Crippen LogP contribution in [-0.4, -0.2) is 5.11 Å². The minimum absolute atomic E-state index is 0.0350. The Labute approximate surface area is 142 Å². The average Bonchev–Trinajstić information content (AvgIpc) is 2.91. The number of nitrogens with zero attached hydrogens (tertiary/aromatic N) is 2. The van der Waals surface area contributed by atoms with Gasteiger partial charge in [-0.1, -0.05) is 17.7 Å². The van der Waals surface area contributed by atoms with E-state index in [1.807, 2.05) is 31.2 Å². The molecule has 6 nitrogen and oxygen atoms in total. The monoisotopic (exact) mass is 334 g/mol. The van der Waals surface area contributed by atoms with E-state index in [0.717, 1.165) is 16.5 Å². The summed E-state index contributed by atoms with van der Waals surface area (Å²) in [6.45, 7) is 3.78. The van der Waals surface area contributed by atoms with Gasteiger partial charge >= 0.3 is 5.63 Å². The van der Waals surface area contributed by atoms with Crippen molar-refractivity contribution in [1.29, 1.82) is 0 Å². The molecule has 124 valence electrons. The molecule has 0 bridgehead atoms. The Morgan fingerprint density at radius 2 is 1.72 bits per heavy atom. The lowest BCUT2D eigenvalue weighted by atomic mass is 10.1. The summed E-state index contributed by atoms with van der Waals surface area (Å²) in [7, 11) is 0. The largest absolute Gasteiger partial charge is 0.502 e. The van der Waals surface area contributed by atoms with Gasteiger partial charge in [0.05, 0.1) is 5.69 Å². The second-order valence-corrected chi connectivity index (χ2v) is 5.86. The predicted octanol–water partition coefficient (Wildman–Crippen LogP) is 5.28. The molecule has 0 aliphatic rings. The topological polar surface area (TPSA) is 88.3 Å². The van der Waals surface area contributed by atoms with Crippen LogP contribution in [0.5, 0.6) is 5.75 Å². The van der Waals surface area contributed by atoms with E-state index in [-0.39, 0.29) is 17.2 Å². The van der Waals surface area contributed by atoms with Crippen molar-refractivity contribution in [2.75, 3.05) is 0 Å². The third-order valence-electron chi connectivity index (χ3n) is 4.02. The number of hydrogen-bond donors (Lipinski definition) is 1. The zero-order valence-corrected chi connectivity index (χ0v) is 13.6. The van der Waals surface area contributed by atoms with E-state index < -0.39 is 5.63 Å². The molecule has 0 amide bonds. The molecule has 2 heterocycles. The normalized spacial score (nSPS) is 11.8. The number of benzene rings is 2. The van der Waals surface area contributed by atoms with Gasteiger partial charge in [-0.2, -0.15) is 0 Å². The molecule has 2 aromatic carbocycles. The molecule has 4 rings (SSSR count). The van der Waals surface area contributed by atoms with Gasteiger partial charge in [-0.05, 0) is 43.7 Å². The molecule has 0 unspecified atom stereocenters. The molecule has 0 spiro atoms. The summed E-state index contributed by atoms with van der Waals surface area (Å²) in [6.07, 6.45) is 0. The van der Waals surface area contributed by atoms with Gasteiger partial charge in [0.15, 0.2) is 11.3 Å². The summed E-state index contributed by atoms with van der Waals surface area (Å²) in [4.78, 5) is 11.7. The molecule has 0 fully saturated rings. The summed E-state index contributed by atoms with van der Waals surface area (Å²) in [5.41, 5.74) is 2.68. The summed E-state index contributed by atoms with van der Waals surface area (Å²) in [6, 6.07) is 12.3. The zero-order chi connectivity index (χ0) is 17.6. The van der Waals surface area contributed by atoms with Crippen molar-refractivity contribution in [1.82, 2.24) is 0 Å². The number of aryl methyl sites for hydroxylation is 2. The molecule has 4 aromatic rings. The summed E-state index contributed by atoms with van der Waals surface area (Å²) < 4.78 is 10.8. The van der Waals surface area contributed by atoms with Crippen molar-refractivity contribution in [2.45, 2.75) is 13.8 Å². The van der Waals surface area contributed by atoms with Crippen LogP contribution in [0.15, 0.2) is 66.3 Å².